The van der Waals surface area contributed by atoms with Crippen LogP contribution in [0.1, 0.15) is 21.6 Å². The second-order valence-corrected chi connectivity index (χ2v) is 7.06. The second kappa shape index (κ2) is 8.70. The van der Waals surface area contributed by atoms with E-state index in [1.807, 2.05) is 24.3 Å². The summed E-state index contributed by atoms with van der Waals surface area (Å²) in [5.41, 5.74) is 3.08. The lowest BCUT2D eigenvalue weighted by Gasteiger charge is -2.14. The van der Waals surface area contributed by atoms with E-state index in [0.717, 1.165) is 12.8 Å². The van der Waals surface area contributed by atoms with Crippen LogP contribution in [0, 0.1) is 0 Å². The zero-order chi connectivity index (χ0) is 21.8. The molecule has 4 N–H and O–H groups in total. The minimum absolute atomic E-state index is 0.0482. The number of anilines is 3. The topological polar surface area (TPSA) is 125 Å². The number of methoxy groups -OCH3 is 1. The number of fused-ring (bicyclic) bond motifs is 1. The highest BCUT2D eigenvalue weighted by Gasteiger charge is 2.24. The average Bonchev–Trinajstić information content (AvgIpc) is 3.15. The van der Waals surface area contributed by atoms with Crippen LogP contribution in [-0.2, 0) is 12.8 Å². The molecule has 0 spiro atoms. The normalized spacial score (nSPS) is 12.7. The Morgan fingerprint density at radius 3 is 2.39 bits per heavy atom. The zero-order valence-corrected chi connectivity index (χ0v) is 16.8. The van der Waals surface area contributed by atoms with E-state index in [1.54, 1.807) is 12.1 Å². The molecule has 4 rings (SSSR count). The van der Waals surface area contributed by atoms with Gasteiger partial charge in [0, 0.05) is 12.1 Å². The molecule has 1 heterocycles. The molecule has 9 nitrogen and oxygen atoms in total. The summed E-state index contributed by atoms with van der Waals surface area (Å²) in [7, 11) is 1.54. The van der Waals surface area contributed by atoms with Gasteiger partial charge in [-0.3, -0.25) is 10.1 Å². The van der Waals surface area contributed by atoms with Gasteiger partial charge in [0.05, 0.1) is 12.8 Å². The molecule has 0 aliphatic heterocycles. The summed E-state index contributed by atoms with van der Waals surface area (Å²) >= 11 is 0. The van der Waals surface area contributed by atoms with Gasteiger partial charge in [-0.1, -0.05) is 36.4 Å². The molecule has 0 saturated heterocycles. The molecule has 0 radical (unpaired) electrons. The summed E-state index contributed by atoms with van der Waals surface area (Å²) in [4.78, 5) is 32.2. The first-order chi connectivity index (χ1) is 15.0. The zero-order valence-electron chi connectivity index (χ0n) is 16.8. The van der Waals surface area contributed by atoms with E-state index in [4.69, 9.17) is 9.84 Å². The van der Waals surface area contributed by atoms with Crippen LogP contribution < -0.4 is 20.7 Å². The lowest BCUT2D eigenvalue weighted by molar-refractivity contribution is 0.0933. The number of carboxylic acid groups (broad SMARTS) is 1. The Labute approximate surface area is 178 Å². The molecule has 31 heavy (non-hydrogen) atoms. The third-order valence-electron chi connectivity index (χ3n) is 4.93. The molecule has 0 unspecified atom stereocenters. The smallest absolute Gasteiger partial charge is 0.411 e. The van der Waals surface area contributed by atoms with Crippen molar-refractivity contribution in [3.05, 3.63) is 71.4 Å². The highest BCUT2D eigenvalue weighted by Crippen LogP contribution is 2.27. The van der Waals surface area contributed by atoms with Gasteiger partial charge in [-0.05, 0) is 36.1 Å². The molecular weight excluding hydrogens is 398 g/mol. The van der Waals surface area contributed by atoms with Crippen molar-refractivity contribution < 1.29 is 19.4 Å². The molecule has 0 fully saturated rings. The lowest BCUT2D eigenvalue weighted by Crippen LogP contribution is -2.36. The fourth-order valence-electron chi connectivity index (χ4n) is 3.59. The number of ether oxygens (including phenoxy) is 1. The van der Waals surface area contributed by atoms with Crippen LogP contribution in [0.15, 0.2) is 54.6 Å². The number of carbonyl (C=O) groups is 2. The van der Waals surface area contributed by atoms with Crippen molar-refractivity contribution in [3.63, 3.8) is 0 Å². The number of hydrogen-bond donors (Lipinski definition) is 4. The van der Waals surface area contributed by atoms with Gasteiger partial charge in [0.15, 0.2) is 0 Å². The van der Waals surface area contributed by atoms with Gasteiger partial charge in [-0.15, -0.1) is 0 Å². The van der Waals surface area contributed by atoms with E-state index in [0.29, 0.717) is 11.4 Å². The maximum absolute atomic E-state index is 12.9. The van der Waals surface area contributed by atoms with E-state index in [1.165, 1.54) is 24.3 Å². The number of carbonyl (C=O) groups excluding carboxylic acids is 1. The van der Waals surface area contributed by atoms with E-state index in [9.17, 15) is 9.59 Å². The van der Waals surface area contributed by atoms with Gasteiger partial charge in [0.2, 0.25) is 5.95 Å². The summed E-state index contributed by atoms with van der Waals surface area (Å²) in [5.74, 6) is 0.218. The Hall–Kier alpha value is -4.14. The van der Waals surface area contributed by atoms with Crippen LogP contribution in [0.25, 0.3) is 0 Å². The van der Waals surface area contributed by atoms with Crippen LogP contribution in [-0.4, -0.2) is 40.2 Å². The molecule has 0 atom stereocenters. The van der Waals surface area contributed by atoms with Crippen molar-refractivity contribution in [1.82, 2.24) is 15.3 Å². The van der Waals surface area contributed by atoms with Crippen molar-refractivity contribution in [2.24, 2.45) is 0 Å². The SMILES string of the molecule is COc1ccccc1Nc1cc(C(=O)NC2Cc3ccccc3C2)nc(NC(=O)O)n1. The van der Waals surface area contributed by atoms with Gasteiger partial charge >= 0.3 is 6.09 Å². The van der Waals surface area contributed by atoms with Crippen molar-refractivity contribution in [2.45, 2.75) is 18.9 Å². The van der Waals surface area contributed by atoms with Crippen LogP contribution in [0.2, 0.25) is 0 Å². The summed E-state index contributed by atoms with van der Waals surface area (Å²) in [5, 5.41) is 17.2. The third kappa shape index (κ3) is 4.72. The van der Waals surface area contributed by atoms with Crippen LogP contribution in [0.4, 0.5) is 22.2 Å². The first-order valence-corrected chi connectivity index (χ1v) is 9.68. The quantitative estimate of drug-likeness (QED) is 0.483. The highest BCUT2D eigenvalue weighted by molar-refractivity contribution is 5.94. The molecule has 158 valence electrons. The molecule has 1 aliphatic rings. The molecule has 1 aromatic heterocycles. The molecule has 9 heteroatoms. The Morgan fingerprint density at radius 1 is 1.03 bits per heavy atom. The fourth-order valence-corrected chi connectivity index (χ4v) is 3.59. The first-order valence-electron chi connectivity index (χ1n) is 9.68. The van der Waals surface area contributed by atoms with E-state index in [2.05, 4.69) is 38.1 Å². The predicted molar refractivity (Wildman–Crippen MR) is 115 cm³/mol. The van der Waals surface area contributed by atoms with Gasteiger partial charge in [-0.2, -0.15) is 4.98 Å². The number of nitrogens with zero attached hydrogens (tertiary/aromatic N) is 2. The molecule has 1 aliphatic carbocycles. The van der Waals surface area contributed by atoms with E-state index in [-0.39, 0.29) is 23.5 Å². The monoisotopic (exact) mass is 419 g/mol. The largest absolute Gasteiger partial charge is 0.495 e. The van der Waals surface area contributed by atoms with Gasteiger partial charge < -0.3 is 20.5 Å². The minimum Gasteiger partial charge on any atom is -0.495 e. The molecule has 2 aromatic carbocycles. The summed E-state index contributed by atoms with van der Waals surface area (Å²) < 4.78 is 5.31. The Bertz CT molecular complexity index is 1110. The Kier molecular flexibility index (Phi) is 5.65. The Morgan fingerprint density at radius 2 is 1.71 bits per heavy atom. The molecular formula is C22H21N5O4. The summed E-state index contributed by atoms with van der Waals surface area (Å²) in [6.07, 6.45) is 0.145. The van der Waals surface area contributed by atoms with Crippen LogP contribution >= 0.6 is 0 Å². The summed E-state index contributed by atoms with van der Waals surface area (Å²) in [6.45, 7) is 0. The minimum atomic E-state index is -1.33. The molecule has 3 aromatic rings. The standard InChI is InChI=1S/C22H21N5O4/c1-31-18-9-5-4-8-16(18)24-19-12-17(25-21(26-19)27-22(29)30)20(28)23-15-10-13-6-2-3-7-14(13)11-15/h2-9,12,15H,10-11H2,1H3,(H,23,28)(H,29,30)(H2,24,25,26,27). The highest BCUT2D eigenvalue weighted by atomic mass is 16.5. The van der Waals surface area contributed by atoms with E-state index < -0.39 is 12.0 Å². The lowest BCUT2D eigenvalue weighted by atomic mass is 10.1. The fraction of sp³-hybridized carbons (Fsp3) is 0.182. The maximum atomic E-state index is 12.9. The number of amides is 2. The second-order valence-electron chi connectivity index (χ2n) is 7.06. The van der Waals surface area contributed by atoms with Crippen molar-refractivity contribution in [2.75, 3.05) is 17.7 Å². The molecule has 2 amide bonds. The van der Waals surface area contributed by atoms with Gasteiger partial charge in [0.25, 0.3) is 5.91 Å². The van der Waals surface area contributed by atoms with Gasteiger partial charge in [-0.25, -0.2) is 9.78 Å². The van der Waals surface area contributed by atoms with Crippen LogP contribution in [0.5, 0.6) is 5.75 Å². The number of para-hydroxylation sites is 2. The summed E-state index contributed by atoms with van der Waals surface area (Å²) in [6, 6.07) is 16.7. The number of rotatable bonds is 6. The Balaban J connectivity index is 1.57. The number of hydrogen-bond acceptors (Lipinski definition) is 6. The van der Waals surface area contributed by atoms with Crippen molar-refractivity contribution in [3.8, 4) is 5.75 Å². The average molecular weight is 419 g/mol. The van der Waals surface area contributed by atoms with E-state index >= 15 is 0 Å². The predicted octanol–water partition coefficient (Wildman–Crippen LogP) is 3.22. The van der Waals surface area contributed by atoms with Crippen molar-refractivity contribution >= 4 is 29.5 Å². The van der Waals surface area contributed by atoms with Gasteiger partial charge in [0.1, 0.15) is 17.3 Å². The maximum Gasteiger partial charge on any atom is 0.411 e. The van der Waals surface area contributed by atoms with Crippen LogP contribution in [0.3, 0.4) is 0 Å². The molecule has 0 saturated carbocycles. The number of benzene rings is 2. The number of nitrogens with one attached hydrogen (secondary N) is 3. The first kappa shape index (κ1) is 20.1. The van der Waals surface area contributed by atoms with Crippen molar-refractivity contribution in [1.29, 1.82) is 0 Å². The number of aromatic nitrogens is 2. The molecule has 0 bridgehead atoms. The third-order valence-corrected chi connectivity index (χ3v) is 4.93.